The number of likely N-dealkylation sites (tertiary alicyclic amines) is 2. The third-order valence-corrected chi connectivity index (χ3v) is 5.52. The number of hydrogen-bond donors (Lipinski definition) is 2. The fourth-order valence-corrected chi connectivity index (χ4v) is 3.88. The first-order valence-corrected chi connectivity index (χ1v) is 9.23. The Morgan fingerprint density at radius 1 is 1.08 bits per heavy atom. The minimum Gasteiger partial charge on any atom is -0.366 e. The van der Waals surface area contributed by atoms with Gasteiger partial charge in [0.25, 0.3) is 0 Å². The predicted octanol–water partition coefficient (Wildman–Crippen LogP) is 1.67. The van der Waals surface area contributed by atoms with Gasteiger partial charge in [0.1, 0.15) is 0 Å². The van der Waals surface area contributed by atoms with Gasteiger partial charge < -0.3 is 16.0 Å². The second-order valence-electron chi connectivity index (χ2n) is 7.12. The van der Waals surface area contributed by atoms with Crippen molar-refractivity contribution in [3.8, 4) is 0 Å². The molecular weight excluding hydrogens is 316 g/mol. The largest absolute Gasteiger partial charge is 0.366 e. The molecule has 2 heterocycles. The summed E-state index contributed by atoms with van der Waals surface area (Å²) in [7, 11) is 0. The lowest BCUT2D eigenvalue weighted by molar-refractivity contribution is -0.121. The number of rotatable bonds is 5. The number of benzene rings is 1. The van der Waals surface area contributed by atoms with Crippen molar-refractivity contribution in [2.24, 2.45) is 5.73 Å². The van der Waals surface area contributed by atoms with Crippen LogP contribution >= 0.6 is 0 Å². The van der Waals surface area contributed by atoms with Crippen LogP contribution in [0.5, 0.6) is 0 Å². The average Bonchev–Trinajstić information content (AvgIpc) is 3.16. The number of hydrogen-bond acceptors (Lipinski definition) is 4. The number of nitrogens with one attached hydrogen (secondary N) is 1. The van der Waals surface area contributed by atoms with Crippen molar-refractivity contribution in [2.45, 2.75) is 44.7 Å². The number of carbonyl (C=O) groups is 2. The van der Waals surface area contributed by atoms with Gasteiger partial charge in [-0.1, -0.05) is 0 Å². The first kappa shape index (κ1) is 17.9. The Labute approximate surface area is 149 Å². The number of piperidine rings is 1. The molecule has 2 saturated heterocycles. The molecule has 0 unspecified atom stereocenters. The molecule has 2 amide bonds. The molecular formula is C19H28N4O2. The molecule has 6 heteroatoms. The Morgan fingerprint density at radius 3 is 2.24 bits per heavy atom. The van der Waals surface area contributed by atoms with E-state index in [1.807, 2.05) is 6.92 Å². The van der Waals surface area contributed by atoms with E-state index in [1.165, 1.54) is 25.9 Å². The molecule has 1 aromatic carbocycles. The maximum Gasteiger partial charge on any atom is 0.248 e. The molecule has 2 aliphatic heterocycles. The van der Waals surface area contributed by atoms with Crippen molar-refractivity contribution in [2.75, 3.05) is 31.5 Å². The van der Waals surface area contributed by atoms with Crippen LogP contribution < -0.4 is 11.1 Å². The van der Waals surface area contributed by atoms with Crippen LogP contribution in [-0.4, -0.2) is 59.9 Å². The highest BCUT2D eigenvalue weighted by Gasteiger charge is 2.30. The Balaban J connectivity index is 1.49. The van der Waals surface area contributed by atoms with Gasteiger partial charge in [0.2, 0.25) is 11.8 Å². The summed E-state index contributed by atoms with van der Waals surface area (Å²) in [6, 6.07) is 7.22. The van der Waals surface area contributed by atoms with Crippen LogP contribution in [0.25, 0.3) is 0 Å². The quantitative estimate of drug-likeness (QED) is 0.852. The van der Waals surface area contributed by atoms with Crippen molar-refractivity contribution in [1.82, 2.24) is 9.80 Å². The highest BCUT2D eigenvalue weighted by Crippen LogP contribution is 2.22. The molecule has 136 valence electrons. The Morgan fingerprint density at radius 2 is 1.68 bits per heavy atom. The molecule has 25 heavy (non-hydrogen) atoms. The van der Waals surface area contributed by atoms with Crippen LogP contribution in [0.4, 0.5) is 5.69 Å². The molecule has 0 aliphatic carbocycles. The first-order chi connectivity index (χ1) is 12.0. The lowest BCUT2D eigenvalue weighted by Gasteiger charge is -2.38. The van der Waals surface area contributed by atoms with Crippen LogP contribution in [-0.2, 0) is 4.79 Å². The zero-order valence-electron chi connectivity index (χ0n) is 14.9. The maximum absolute atomic E-state index is 12.5. The molecule has 0 saturated carbocycles. The van der Waals surface area contributed by atoms with Crippen LogP contribution in [0.3, 0.4) is 0 Å². The monoisotopic (exact) mass is 344 g/mol. The topological polar surface area (TPSA) is 78.7 Å². The van der Waals surface area contributed by atoms with E-state index >= 15 is 0 Å². The summed E-state index contributed by atoms with van der Waals surface area (Å²) in [6.45, 7) is 6.38. The number of primary amides is 1. The van der Waals surface area contributed by atoms with E-state index in [-0.39, 0.29) is 11.9 Å². The maximum atomic E-state index is 12.5. The van der Waals surface area contributed by atoms with Gasteiger partial charge in [-0.15, -0.1) is 0 Å². The molecule has 0 aromatic heterocycles. The fraction of sp³-hybridized carbons (Fsp3) is 0.579. The summed E-state index contributed by atoms with van der Waals surface area (Å²) in [5.74, 6) is -0.474. The van der Waals surface area contributed by atoms with Gasteiger partial charge in [-0.3, -0.25) is 14.5 Å². The van der Waals surface area contributed by atoms with E-state index in [0.29, 0.717) is 17.3 Å². The van der Waals surface area contributed by atoms with Crippen molar-refractivity contribution in [3.05, 3.63) is 29.8 Å². The smallest absolute Gasteiger partial charge is 0.248 e. The van der Waals surface area contributed by atoms with Crippen molar-refractivity contribution >= 4 is 17.5 Å². The number of amides is 2. The lowest BCUT2D eigenvalue weighted by atomic mass is 10.0. The Bertz CT molecular complexity index is 602. The minimum absolute atomic E-state index is 0.00792. The van der Waals surface area contributed by atoms with Gasteiger partial charge in [-0.05, 0) is 70.0 Å². The van der Waals surface area contributed by atoms with Gasteiger partial charge in [0, 0.05) is 30.4 Å². The SMILES string of the molecule is C[C@@H](C(=O)Nc1ccc(C(N)=O)cc1)N1CCC(N2CCCC2)CC1. The minimum atomic E-state index is -0.466. The Hall–Kier alpha value is -1.92. The standard InChI is InChI=1S/C19H28N4O2/c1-14(19(25)21-16-6-4-15(5-7-16)18(20)24)22-12-8-17(9-13-22)23-10-2-3-11-23/h4-7,14,17H,2-3,8-13H2,1H3,(H2,20,24)(H,21,25)/t14-/m0/s1. The first-order valence-electron chi connectivity index (χ1n) is 9.23. The molecule has 0 spiro atoms. The van der Waals surface area contributed by atoms with Gasteiger partial charge in [0.15, 0.2) is 0 Å². The number of anilines is 1. The summed E-state index contributed by atoms with van der Waals surface area (Å²) in [5, 5.41) is 2.93. The van der Waals surface area contributed by atoms with Crippen molar-refractivity contribution in [3.63, 3.8) is 0 Å². The summed E-state index contributed by atoms with van der Waals surface area (Å²) >= 11 is 0. The third kappa shape index (κ3) is 4.38. The Kier molecular flexibility index (Phi) is 5.71. The number of nitrogens with zero attached hydrogens (tertiary/aromatic N) is 2. The fourth-order valence-electron chi connectivity index (χ4n) is 3.88. The van der Waals surface area contributed by atoms with Crippen LogP contribution in [0, 0.1) is 0 Å². The van der Waals surface area contributed by atoms with E-state index in [4.69, 9.17) is 5.73 Å². The second-order valence-corrected chi connectivity index (χ2v) is 7.12. The zero-order valence-corrected chi connectivity index (χ0v) is 14.9. The molecule has 6 nitrogen and oxygen atoms in total. The van der Waals surface area contributed by atoms with Gasteiger partial charge in [-0.2, -0.15) is 0 Å². The molecule has 1 atom stereocenters. The van der Waals surface area contributed by atoms with E-state index in [9.17, 15) is 9.59 Å². The van der Waals surface area contributed by atoms with Crippen LogP contribution in [0.15, 0.2) is 24.3 Å². The zero-order chi connectivity index (χ0) is 17.8. The molecule has 3 N–H and O–H groups in total. The predicted molar refractivity (Wildman–Crippen MR) is 98.5 cm³/mol. The number of nitrogens with two attached hydrogens (primary N) is 1. The molecule has 0 bridgehead atoms. The van der Waals surface area contributed by atoms with Gasteiger partial charge >= 0.3 is 0 Å². The van der Waals surface area contributed by atoms with Crippen molar-refractivity contribution in [1.29, 1.82) is 0 Å². The van der Waals surface area contributed by atoms with E-state index in [2.05, 4.69) is 15.1 Å². The second kappa shape index (κ2) is 7.97. The molecule has 3 rings (SSSR count). The average molecular weight is 344 g/mol. The summed E-state index contributed by atoms with van der Waals surface area (Å²) in [5.41, 5.74) is 6.36. The highest BCUT2D eigenvalue weighted by molar-refractivity contribution is 5.96. The molecule has 0 radical (unpaired) electrons. The van der Waals surface area contributed by atoms with Crippen molar-refractivity contribution < 1.29 is 9.59 Å². The summed E-state index contributed by atoms with van der Waals surface area (Å²) < 4.78 is 0. The van der Waals surface area contributed by atoms with E-state index in [0.717, 1.165) is 25.9 Å². The molecule has 2 fully saturated rings. The van der Waals surface area contributed by atoms with Crippen LogP contribution in [0.2, 0.25) is 0 Å². The van der Waals surface area contributed by atoms with E-state index in [1.54, 1.807) is 24.3 Å². The summed E-state index contributed by atoms with van der Waals surface area (Å²) in [6.07, 6.45) is 4.94. The third-order valence-electron chi connectivity index (χ3n) is 5.52. The van der Waals surface area contributed by atoms with Gasteiger partial charge in [-0.25, -0.2) is 0 Å². The summed E-state index contributed by atoms with van der Waals surface area (Å²) in [4.78, 5) is 28.5. The van der Waals surface area contributed by atoms with Crippen LogP contribution in [0.1, 0.15) is 43.0 Å². The molecule has 1 aromatic rings. The van der Waals surface area contributed by atoms with E-state index < -0.39 is 5.91 Å². The lowest BCUT2D eigenvalue weighted by Crippen LogP contribution is -2.50. The normalized spacial score (nSPS) is 21.2. The van der Waals surface area contributed by atoms with Gasteiger partial charge in [0.05, 0.1) is 6.04 Å². The molecule has 2 aliphatic rings. The highest BCUT2D eigenvalue weighted by atomic mass is 16.2. The number of carbonyl (C=O) groups excluding carboxylic acids is 2.